The third-order valence-electron chi connectivity index (χ3n) is 4.30. The normalized spacial score (nSPS) is 11.2. The van der Waals surface area contributed by atoms with Crippen LogP contribution in [0.4, 0.5) is 5.69 Å². The van der Waals surface area contributed by atoms with Crippen molar-refractivity contribution >= 4 is 40.2 Å². The Morgan fingerprint density at radius 1 is 1.07 bits per heavy atom. The highest BCUT2D eigenvalue weighted by Crippen LogP contribution is 2.25. The molecule has 1 N–H and O–H groups in total. The summed E-state index contributed by atoms with van der Waals surface area (Å²) < 4.78 is 5.75. The average Bonchev–Trinajstić information content (AvgIpc) is 3.21. The maximum Gasteiger partial charge on any atom is 0.266 e. The number of rotatable bonds is 4. The van der Waals surface area contributed by atoms with E-state index in [0.717, 1.165) is 16.5 Å². The monoisotopic (exact) mass is 399 g/mol. The molecule has 2 heterocycles. The van der Waals surface area contributed by atoms with Crippen molar-refractivity contribution in [3.8, 4) is 17.4 Å². The Kier molecular flexibility index (Phi) is 5.10. The van der Waals surface area contributed by atoms with Crippen LogP contribution in [0.2, 0.25) is 5.02 Å². The molecular weight excluding hydrogens is 386 g/mol. The van der Waals surface area contributed by atoms with Gasteiger partial charge < -0.3 is 9.73 Å². The van der Waals surface area contributed by atoms with Crippen molar-refractivity contribution in [2.45, 2.75) is 0 Å². The zero-order chi connectivity index (χ0) is 20.2. The molecule has 0 aliphatic carbocycles. The minimum absolute atomic E-state index is 0.0668. The van der Waals surface area contributed by atoms with E-state index < -0.39 is 5.91 Å². The highest BCUT2D eigenvalue weighted by molar-refractivity contribution is 6.30. The standard InChI is InChI=1S/C23H14ClN3O2/c24-17-8-6-15(7-9-17)22-11-10-18(29-22)13-16(14-25)23(28)27-21-5-1-4-20-19(21)3-2-12-26-20/h1-13H,(H,27,28). The molecule has 0 radical (unpaired) electrons. The van der Waals surface area contributed by atoms with Crippen LogP contribution in [-0.2, 0) is 4.79 Å². The molecule has 0 aliphatic rings. The van der Waals surface area contributed by atoms with E-state index in [1.54, 1.807) is 48.7 Å². The lowest BCUT2D eigenvalue weighted by Gasteiger charge is -2.07. The van der Waals surface area contributed by atoms with Gasteiger partial charge in [-0.1, -0.05) is 17.7 Å². The van der Waals surface area contributed by atoms with Crippen LogP contribution < -0.4 is 5.32 Å². The molecule has 0 spiro atoms. The quantitative estimate of drug-likeness (QED) is 0.353. The topological polar surface area (TPSA) is 78.9 Å². The Morgan fingerprint density at radius 3 is 2.69 bits per heavy atom. The fourth-order valence-electron chi connectivity index (χ4n) is 2.89. The van der Waals surface area contributed by atoms with Gasteiger partial charge in [0.25, 0.3) is 5.91 Å². The Hall–Kier alpha value is -3.88. The van der Waals surface area contributed by atoms with Gasteiger partial charge in [0.05, 0.1) is 11.2 Å². The molecular formula is C23H14ClN3O2. The van der Waals surface area contributed by atoms with E-state index in [0.29, 0.717) is 22.2 Å². The molecule has 140 valence electrons. The molecule has 6 heteroatoms. The average molecular weight is 400 g/mol. The smallest absolute Gasteiger partial charge is 0.266 e. The van der Waals surface area contributed by atoms with Gasteiger partial charge in [-0.25, -0.2) is 0 Å². The molecule has 2 aromatic heterocycles. The van der Waals surface area contributed by atoms with Gasteiger partial charge in [0.2, 0.25) is 0 Å². The van der Waals surface area contributed by atoms with Gasteiger partial charge in [0, 0.05) is 28.2 Å². The predicted molar refractivity (Wildman–Crippen MR) is 113 cm³/mol. The molecule has 0 saturated heterocycles. The molecule has 2 aromatic carbocycles. The predicted octanol–water partition coefficient (Wildman–Crippen LogP) is 5.69. The van der Waals surface area contributed by atoms with Crippen molar-refractivity contribution in [3.05, 3.63) is 89.3 Å². The van der Waals surface area contributed by atoms with Crippen LogP contribution in [0.5, 0.6) is 0 Å². The summed E-state index contributed by atoms with van der Waals surface area (Å²) in [6.07, 6.45) is 3.10. The number of carbonyl (C=O) groups is 1. The van der Waals surface area contributed by atoms with Gasteiger partial charge >= 0.3 is 0 Å². The highest BCUT2D eigenvalue weighted by atomic mass is 35.5. The molecule has 0 unspecified atom stereocenters. The summed E-state index contributed by atoms with van der Waals surface area (Å²) in [6.45, 7) is 0. The largest absolute Gasteiger partial charge is 0.457 e. The van der Waals surface area contributed by atoms with Gasteiger partial charge in [-0.05, 0) is 60.7 Å². The number of hydrogen-bond donors (Lipinski definition) is 1. The van der Waals surface area contributed by atoms with Crippen LogP contribution in [0.15, 0.2) is 82.9 Å². The number of amides is 1. The Morgan fingerprint density at radius 2 is 1.90 bits per heavy atom. The van der Waals surface area contributed by atoms with E-state index in [1.165, 1.54) is 6.08 Å². The Bertz CT molecular complexity index is 1260. The van der Waals surface area contributed by atoms with Crippen molar-refractivity contribution in [1.82, 2.24) is 4.98 Å². The number of halogens is 1. The number of nitrogens with zero attached hydrogens (tertiary/aromatic N) is 2. The maximum atomic E-state index is 12.6. The highest BCUT2D eigenvalue weighted by Gasteiger charge is 2.13. The van der Waals surface area contributed by atoms with E-state index in [2.05, 4.69) is 10.3 Å². The first kappa shape index (κ1) is 18.5. The lowest BCUT2D eigenvalue weighted by Crippen LogP contribution is -2.13. The molecule has 0 fully saturated rings. The fourth-order valence-corrected chi connectivity index (χ4v) is 3.02. The lowest BCUT2D eigenvalue weighted by atomic mass is 10.1. The molecule has 4 rings (SSSR count). The van der Waals surface area contributed by atoms with Crippen molar-refractivity contribution in [3.63, 3.8) is 0 Å². The van der Waals surface area contributed by atoms with Gasteiger partial charge in [-0.2, -0.15) is 5.26 Å². The van der Waals surface area contributed by atoms with Gasteiger partial charge in [0.15, 0.2) is 0 Å². The van der Waals surface area contributed by atoms with Crippen molar-refractivity contribution in [2.24, 2.45) is 0 Å². The number of anilines is 1. The molecule has 0 saturated carbocycles. The minimum Gasteiger partial charge on any atom is -0.457 e. The molecule has 0 bridgehead atoms. The molecule has 0 aliphatic heterocycles. The third kappa shape index (κ3) is 4.03. The second kappa shape index (κ2) is 8.01. The molecule has 1 amide bonds. The molecule has 5 nitrogen and oxygen atoms in total. The summed E-state index contributed by atoms with van der Waals surface area (Å²) in [5, 5.41) is 13.7. The van der Waals surface area contributed by atoms with E-state index in [4.69, 9.17) is 16.0 Å². The second-order valence-corrected chi connectivity index (χ2v) is 6.64. The number of pyridine rings is 1. The Labute approximate surface area is 171 Å². The first-order valence-corrected chi connectivity index (χ1v) is 9.14. The summed E-state index contributed by atoms with van der Waals surface area (Å²) >= 11 is 5.91. The number of furan rings is 1. The maximum absolute atomic E-state index is 12.6. The SMILES string of the molecule is N#CC(=Cc1ccc(-c2ccc(Cl)cc2)o1)C(=O)Nc1cccc2ncccc12. The summed E-state index contributed by atoms with van der Waals surface area (Å²) in [5.41, 5.74) is 2.12. The zero-order valence-corrected chi connectivity index (χ0v) is 15.9. The number of nitrogens with one attached hydrogen (secondary N) is 1. The van der Waals surface area contributed by atoms with E-state index >= 15 is 0 Å². The molecule has 29 heavy (non-hydrogen) atoms. The van der Waals surface area contributed by atoms with E-state index in [1.807, 2.05) is 30.3 Å². The van der Waals surface area contributed by atoms with Gasteiger partial charge in [-0.15, -0.1) is 0 Å². The summed E-state index contributed by atoms with van der Waals surface area (Å²) in [7, 11) is 0. The summed E-state index contributed by atoms with van der Waals surface area (Å²) in [4.78, 5) is 16.9. The lowest BCUT2D eigenvalue weighted by molar-refractivity contribution is -0.112. The third-order valence-corrected chi connectivity index (χ3v) is 4.55. The first-order chi connectivity index (χ1) is 14.1. The zero-order valence-electron chi connectivity index (χ0n) is 15.1. The first-order valence-electron chi connectivity index (χ1n) is 8.77. The number of carbonyl (C=O) groups excluding carboxylic acids is 1. The molecule has 0 atom stereocenters. The van der Waals surface area contributed by atoms with Crippen molar-refractivity contribution in [1.29, 1.82) is 5.26 Å². The number of aromatic nitrogens is 1. The number of fused-ring (bicyclic) bond motifs is 1. The van der Waals surface area contributed by atoms with E-state index in [9.17, 15) is 10.1 Å². The van der Waals surface area contributed by atoms with E-state index in [-0.39, 0.29) is 5.57 Å². The van der Waals surface area contributed by atoms with Crippen LogP contribution in [0.25, 0.3) is 28.3 Å². The van der Waals surface area contributed by atoms with Crippen molar-refractivity contribution in [2.75, 3.05) is 5.32 Å². The van der Waals surface area contributed by atoms with Crippen LogP contribution in [-0.4, -0.2) is 10.9 Å². The number of nitriles is 1. The fraction of sp³-hybridized carbons (Fsp3) is 0. The summed E-state index contributed by atoms with van der Waals surface area (Å²) in [6, 6.07) is 21.7. The van der Waals surface area contributed by atoms with Crippen LogP contribution in [0, 0.1) is 11.3 Å². The minimum atomic E-state index is -0.520. The molecule has 4 aromatic rings. The second-order valence-electron chi connectivity index (χ2n) is 6.21. The Balaban J connectivity index is 1.58. The van der Waals surface area contributed by atoms with Crippen LogP contribution >= 0.6 is 11.6 Å². The summed E-state index contributed by atoms with van der Waals surface area (Å²) in [5.74, 6) is 0.500. The number of benzene rings is 2. The van der Waals surface area contributed by atoms with Crippen molar-refractivity contribution < 1.29 is 9.21 Å². The van der Waals surface area contributed by atoms with Gasteiger partial charge in [0.1, 0.15) is 23.2 Å². The van der Waals surface area contributed by atoms with Crippen LogP contribution in [0.1, 0.15) is 5.76 Å². The van der Waals surface area contributed by atoms with Crippen LogP contribution in [0.3, 0.4) is 0 Å². The number of hydrogen-bond acceptors (Lipinski definition) is 4. The van der Waals surface area contributed by atoms with Gasteiger partial charge in [-0.3, -0.25) is 9.78 Å².